The number of halogens is 1. The van der Waals surface area contributed by atoms with Gasteiger partial charge in [-0.05, 0) is 49.8 Å². The molecule has 114 valence electrons. The van der Waals surface area contributed by atoms with Gasteiger partial charge in [0.2, 0.25) is 0 Å². The van der Waals surface area contributed by atoms with E-state index < -0.39 is 11.8 Å². The molecule has 0 saturated heterocycles. The summed E-state index contributed by atoms with van der Waals surface area (Å²) >= 11 is 3.36. The molecule has 1 aromatic heterocycles. The quantitative estimate of drug-likeness (QED) is 0.650. The van der Waals surface area contributed by atoms with Gasteiger partial charge in [0.05, 0.1) is 0 Å². The zero-order chi connectivity index (χ0) is 16.1. The molecule has 6 heteroatoms. The molecule has 2 rings (SSSR count). The maximum Gasteiger partial charge on any atom is 0.269 e. The van der Waals surface area contributed by atoms with Crippen molar-refractivity contribution in [3.05, 3.63) is 63.5 Å². The lowest BCUT2D eigenvalue weighted by Crippen LogP contribution is -2.40. The van der Waals surface area contributed by atoms with Crippen LogP contribution in [0.5, 0.6) is 0 Å². The Kier molecular flexibility index (Phi) is 5.16. The number of nitrogens with one attached hydrogen (secondary N) is 2. The molecule has 0 aliphatic carbocycles. The number of rotatable bonds is 3. The Balaban J connectivity index is 1.89. The maximum atomic E-state index is 11.9. The van der Waals surface area contributed by atoms with E-state index in [2.05, 4.69) is 26.8 Å². The minimum absolute atomic E-state index is 0.392. The van der Waals surface area contributed by atoms with E-state index >= 15 is 0 Å². The fourth-order valence-electron chi connectivity index (χ4n) is 1.67. The van der Waals surface area contributed by atoms with Crippen LogP contribution in [0.2, 0.25) is 0 Å². The van der Waals surface area contributed by atoms with Gasteiger partial charge in [-0.25, -0.2) is 0 Å². The van der Waals surface area contributed by atoms with E-state index in [-0.39, 0.29) is 0 Å². The molecule has 0 aliphatic heterocycles. The molecule has 2 aromatic rings. The summed E-state index contributed by atoms with van der Waals surface area (Å²) in [4.78, 5) is 23.5. The molecule has 0 radical (unpaired) electrons. The van der Waals surface area contributed by atoms with Gasteiger partial charge in [-0.2, -0.15) is 0 Å². The van der Waals surface area contributed by atoms with E-state index in [0.29, 0.717) is 11.3 Å². The number of hydrogen-bond donors (Lipinski definition) is 2. The van der Waals surface area contributed by atoms with E-state index in [1.807, 2.05) is 19.9 Å². The molecule has 1 aromatic carbocycles. The van der Waals surface area contributed by atoms with Crippen LogP contribution in [0.3, 0.4) is 0 Å². The molecule has 2 amide bonds. The highest BCUT2D eigenvalue weighted by molar-refractivity contribution is 9.10. The molecule has 0 unspecified atom stereocenters. The number of aryl methyl sites for hydroxylation is 2. The standard InChI is InChI=1S/C16H15BrN2O3/c1-10-3-5-12(9-14(10)17)16(21)19-18-15(20)8-7-13-6-4-11(2)22-13/h3-9H,1-2H3,(H,18,20)(H,19,21). The summed E-state index contributed by atoms with van der Waals surface area (Å²) in [5.41, 5.74) is 6.13. The Morgan fingerprint density at radius 1 is 1.14 bits per heavy atom. The SMILES string of the molecule is Cc1ccc(C=CC(=O)NNC(=O)c2ccc(C)c(Br)c2)o1. The molecule has 0 aliphatic rings. The minimum Gasteiger partial charge on any atom is -0.462 e. The molecule has 1 heterocycles. The first-order valence-electron chi connectivity index (χ1n) is 6.56. The molecule has 0 fully saturated rings. The first kappa shape index (κ1) is 16.0. The second kappa shape index (κ2) is 7.09. The van der Waals surface area contributed by atoms with Gasteiger partial charge in [-0.15, -0.1) is 0 Å². The molecular weight excluding hydrogens is 348 g/mol. The van der Waals surface area contributed by atoms with Crippen LogP contribution in [-0.2, 0) is 4.79 Å². The molecule has 0 atom stereocenters. The molecular formula is C16H15BrN2O3. The van der Waals surface area contributed by atoms with E-state index in [9.17, 15) is 9.59 Å². The summed E-state index contributed by atoms with van der Waals surface area (Å²) in [7, 11) is 0. The summed E-state index contributed by atoms with van der Waals surface area (Å²) < 4.78 is 6.13. The van der Waals surface area contributed by atoms with Gasteiger partial charge in [0.1, 0.15) is 11.5 Å². The van der Waals surface area contributed by atoms with Crippen LogP contribution in [0.15, 0.2) is 45.3 Å². The van der Waals surface area contributed by atoms with Crippen molar-refractivity contribution in [1.29, 1.82) is 0 Å². The first-order chi connectivity index (χ1) is 10.5. The monoisotopic (exact) mass is 362 g/mol. The van der Waals surface area contributed by atoms with E-state index in [1.54, 1.807) is 24.3 Å². The first-order valence-corrected chi connectivity index (χ1v) is 7.36. The molecule has 2 N–H and O–H groups in total. The molecule has 0 bridgehead atoms. The van der Waals surface area contributed by atoms with Gasteiger partial charge < -0.3 is 4.42 Å². The summed E-state index contributed by atoms with van der Waals surface area (Å²) in [6.45, 7) is 3.74. The van der Waals surface area contributed by atoms with Crippen LogP contribution in [-0.4, -0.2) is 11.8 Å². The normalized spacial score (nSPS) is 10.7. The summed E-state index contributed by atoms with van der Waals surface area (Å²) in [6.07, 6.45) is 2.81. The second-order valence-electron chi connectivity index (χ2n) is 4.69. The van der Waals surface area contributed by atoms with Gasteiger partial charge in [0.15, 0.2) is 0 Å². The third-order valence-electron chi connectivity index (χ3n) is 2.89. The number of carbonyl (C=O) groups excluding carboxylic acids is 2. The number of hydrogen-bond acceptors (Lipinski definition) is 3. The molecule has 0 saturated carbocycles. The van der Waals surface area contributed by atoms with E-state index in [4.69, 9.17) is 4.42 Å². The average molecular weight is 363 g/mol. The zero-order valence-electron chi connectivity index (χ0n) is 12.1. The van der Waals surface area contributed by atoms with Crippen LogP contribution in [0, 0.1) is 13.8 Å². The van der Waals surface area contributed by atoms with Gasteiger partial charge in [0, 0.05) is 16.1 Å². The van der Waals surface area contributed by atoms with Crippen molar-refractivity contribution in [2.75, 3.05) is 0 Å². The predicted octanol–water partition coefficient (Wildman–Crippen LogP) is 3.13. The van der Waals surface area contributed by atoms with Crippen LogP contribution < -0.4 is 10.9 Å². The minimum atomic E-state index is -0.450. The van der Waals surface area contributed by atoms with Gasteiger partial charge >= 0.3 is 0 Å². The fraction of sp³-hybridized carbons (Fsp3) is 0.125. The highest BCUT2D eigenvalue weighted by Crippen LogP contribution is 2.17. The number of hydrazine groups is 1. The van der Waals surface area contributed by atoms with Crippen molar-refractivity contribution in [2.24, 2.45) is 0 Å². The van der Waals surface area contributed by atoms with Crippen LogP contribution in [0.25, 0.3) is 6.08 Å². The van der Waals surface area contributed by atoms with Crippen molar-refractivity contribution >= 4 is 33.8 Å². The highest BCUT2D eigenvalue weighted by Gasteiger charge is 2.07. The van der Waals surface area contributed by atoms with Crippen LogP contribution >= 0.6 is 15.9 Å². The van der Waals surface area contributed by atoms with Crippen molar-refractivity contribution in [3.8, 4) is 0 Å². The van der Waals surface area contributed by atoms with Crippen LogP contribution in [0.4, 0.5) is 0 Å². The predicted molar refractivity (Wildman–Crippen MR) is 87.0 cm³/mol. The number of amides is 2. The fourth-order valence-corrected chi connectivity index (χ4v) is 2.05. The zero-order valence-corrected chi connectivity index (χ0v) is 13.7. The topological polar surface area (TPSA) is 71.3 Å². The lowest BCUT2D eigenvalue weighted by atomic mass is 10.1. The largest absolute Gasteiger partial charge is 0.462 e. The Bertz CT molecular complexity index is 735. The lowest BCUT2D eigenvalue weighted by molar-refractivity contribution is -0.117. The summed E-state index contributed by atoms with van der Waals surface area (Å²) in [5.74, 6) is 0.490. The lowest BCUT2D eigenvalue weighted by Gasteiger charge is -2.06. The van der Waals surface area contributed by atoms with Gasteiger partial charge in [-0.1, -0.05) is 22.0 Å². The Hall–Kier alpha value is -2.34. The summed E-state index contributed by atoms with van der Waals surface area (Å²) in [5, 5.41) is 0. The maximum absolute atomic E-state index is 11.9. The Morgan fingerprint density at radius 2 is 1.91 bits per heavy atom. The molecule has 0 spiro atoms. The Labute approximate surface area is 136 Å². The second-order valence-corrected chi connectivity index (χ2v) is 5.54. The van der Waals surface area contributed by atoms with Crippen LogP contribution in [0.1, 0.15) is 27.4 Å². The number of benzene rings is 1. The van der Waals surface area contributed by atoms with Crippen molar-refractivity contribution < 1.29 is 14.0 Å². The third kappa shape index (κ3) is 4.33. The number of carbonyl (C=O) groups is 2. The van der Waals surface area contributed by atoms with Gasteiger partial charge in [0.25, 0.3) is 11.8 Å². The molecule has 22 heavy (non-hydrogen) atoms. The average Bonchev–Trinajstić information content (AvgIpc) is 2.91. The Morgan fingerprint density at radius 3 is 2.55 bits per heavy atom. The summed E-state index contributed by atoms with van der Waals surface area (Å²) in [6, 6.07) is 8.75. The molecule has 5 nitrogen and oxygen atoms in total. The highest BCUT2D eigenvalue weighted by atomic mass is 79.9. The van der Waals surface area contributed by atoms with Gasteiger partial charge in [-0.3, -0.25) is 20.4 Å². The van der Waals surface area contributed by atoms with Crippen molar-refractivity contribution in [3.63, 3.8) is 0 Å². The number of furan rings is 1. The van der Waals surface area contributed by atoms with E-state index in [0.717, 1.165) is 15.8 Å². The van der Waals surface area contributed by atoms with Crippen molar-refractivity contribution in [2.45, 2.75) is 13.8 Å². The smallest absolute Gasteiger partial charge is 0.269 e. The van der Waals surface area contributed by atoms with Crippen molar-refractivity contribution in [1.82, 2.24) is 10.9 Å². The third-order valence-corrected chi connectivity index (χ3v) is 3.75. The van der Waals surface area contributed by atoms with E-state index in [1.165, 1.54) is 12.2 Å².